The zero-order valence-electron chi connectivity index (χ0n) is 22.1. The van der Waals surface area contributed by atoms with E-state index in [4.69, 9.17) is 14.2 Å². The van der Waals surface area contributed by atoms with Gasteiger partial charge in [-0.05, 0) is 74.6 Å². The Kier molecular flexibility index (Phi) is 7.24. The van der Waals surface area contributed by atoms with Crippen LogP contribution in [0, 0.1) is 10.8 Å². The molecule has 0 unspecified atom stereocenters. The van der Waals surface area contributed by atoms with Crippen LogP contribution in [-0.4, -0.2) is 24.5 Å². The Morgan fingerprint density at radius 2 is 1.34 bits per heavy atom. The molecule has 1 saturated carbocycles. The second-order valence-electron chi connectivity index (χ2n) is 10.8. The van der Waals surface area contributed by atoms with E-state index >= 15 is 0 Å². The van der Waals surface area contributed by atoms with E-state index in [-0.39, 0.29) is 32.0 Å². The quantitative estimate of drug-likeness (QED) is 0.267. The van der Waals surface area contributed by atoms with E-state index in [9.17, 15) is 14.4 Å². The summed E-state index contributed by atoms with van der Waals surface area (Å²) in [6, 6.07) is 18.8. The van der Waals surface area contributed by atoms with E-state index in [1.54, 1.807) is 0 Å². The second-order valence-corrected chi connectivity index (χ2v) is 10.8. The molecule has 6 heteroatoms. The number of benzene rings is 2. The zero-order chi connectivity index (χ0) is 26.8. The predicted molar refractivity (Wildman–Crippen MR) is 141 cm³/mol. The SMILES string of the molecule is CC1=C2CC(C(=O)OCc3ccccc3)(C(=O)OCc3ccccc3)CC2=C(C)[C@@]2(CCCCOC2=O)C1. The van der Waals surface area contributed by atoms with Gasteiger partial charge >= 0.3 is 17.9 Å². The van der Waals surface area contributed by atoms with Gasteiger partial charge in [0.2, 0.25) is 0 Å². The molecule has 38 heavy (non-hydrogen) atoms. The average molecular weight is 515 g/mol. The number of esters is 3. The van der Waals surface area contributed by atoms with Gasteiger partial charge in [-0.2, -0.15) is 0 Å². The second kappa shape index (κ2) is 10.6. The number of carbonyl (C=O) groups excluding carboxylic acids is 3. The fraction of sp³-hybridized carbons (Fsp3) is 0.406. The molecule has 1 atom stereocenters. The van der Waals surface area contributed by atoms with E-state index in [1.807, 2.05) is 74.5 Å². The number of fused-ring (bicyclic) bond motifs is 1. The van der Waals surface area contributed by atoms with Crippen LogP contribution in [0.5, 0.6) is 0 Å². The van der Waals surface area contributed by atoms with Crippen molar-refractivity contribution in [1.82, 2.24) is 0 Å². The van der Waals surface area contributed by atoms with Crippen LogP contribution in [0.3, 0.4) is 0 Å². The zero-order valence-corrected chi connectivity index (χ0v) is 22.1. The third-order valence-corrected chi connectivity index (χ3v) is 8.40. The highest BCUT2D eigenvalue weighted by molar-refractivity contribution is 6.02. The fourth-order valence-corrected chi connectivity index (χ4v) is 6.16. The third kappa shape index (κ3) is 4.68. The Balaban J connectivity index is 1.49. The minimum atomic E-state index is -1.50. The standard InChI is InChI=1S/C32H34O6/c1-22-17-31(15-9-10-16-36-28(31)33)23(2)27-19-32(18-26(22)27,29(34)37-20-24-11-5-3-6-12-24)30(35)38-21-25-13-7-4-8-14-25/h3-8,11-14H,9-10,15-21H2,1-2H3/t31-/m1/s1. The lowest BCUT2D eigenvalue weighted by Crippen LogP contribution is -2.40. The summed E-state index contributed by atoms with van der Waals surface area (Å²) in [6.07, 6.45) is 3.34. The molecule has 1 spiro atoms. The Morgan fingerprint density at radius 1 is 0.789 bits per heavy atom. The highest BCUT2D eigenvalue weighted by atomic mass is 16.6. The monoisotopic (exact) mass is 514 g/mol. The maximum Gasteiger partial charge on any atom is 0.324 e. The van der Waals surface area contributed by atoms with Gasteiger partial charge in [-0.25, -0.2) is 0 Å². The summed E-state index contributed by atoms with van der Waals surface area (Å²) < 4.78 is 17.1. The Labute approximate surface area is 223 Å². The summed E-state index contributed by atoms with van der Waals surface area (Å²) in [5.74, 6) is -1.38. The van der Waals surface area contributed by atoms with Gasteiger partial charge in [-0.15, -0.1) is 0 Å². The van der Waals surface area contributed by atoms with Gasteiger partial charge in [0.05, 0.1) is 12.0 Å². The maximum absolute atomic E-state index is 13.8. The molecule has 1 saturated heterocycles. The summed E-state index contributed by atoms with van der Waals surface area (Å²) in [4.78, 5) is 40.8. The van der Waals surface area contributed by atoms with Crippen molar-refractivity contribution < 1.29 is 28.6 Å². The molecule has 1 heterocycles. The number of hydrogen-bond donors (Lipinski definition) is 0. The number of cyclic esters (lactones) is 1. The molecule has 3 aliphatic rings. The van der Waals surface area contributed by atoms with Crippen LogP contribution < -0.4 is 0 Å². The van der Waals surface area contributed by atoms with E-state index < -0.39 is 22.8 Å². The van der Waals surface area contributed by atoms with E-state index in [0.29, 0.717) is 19.4 Å². The fourth-order valence-electron chi connectivity index (χ4n) is 6.16. The summed E-state index contributed by atoms with van der Waals surface area (Å²) >= 11 is 0. The molecule has 0 aromatic heterocycles. The van der Waals surface area contributed by atoms with Crippen molar-refractivity contribution in [3.8, 4) is 0 Å². The lowest BCUT2D eigenvalue weighted by molar-refractivity contribution is -0.173. The van der Waals surface area contributed by atoms with Crippen molar-refractivity contribution >= 4 is 17.9 Å². The first-order valence-electron chi connectivity index (χ1n) is 13.3. The van der Waals surface area contributed by atoms with Crippen LogP contribution >= 0.6 is 0 Å². The number of hydrogen-bond acceptors (Lipinski definition) is 6. The first-order valence-corrected chi connectivity index (χ1v) is 13.3. The van der Waals surface area contributed by atoms with E-state index in [0.717, 1.165) is 46.3 Å². The lowest BCUT2D eigenvalue weighted by atomic mass is 9.66. The molecule has 198 valence electrons. The number of ether oxygens (including phenoxy) is 3. The molecule has 2 aliphatic carbocycles. The van der Waals surface area contributed by atoms with Crippen molar-refractivity contribution in [3.05, 3.63) is 94.1 Å². The molecule has 0 amide bonds. The number of allylic oxidation sites excluding steroid dienone is 3. The van der Waals surface area contributed by atoms with Crippen molar-refractivity contribution in [2.75, 3.05) is 6.61 Å². The van der Waals surface area contributed by atoms with Crippen LogP contribution in [0.25, 0.3) is 0 Å². The molecule has 1 aliphatic heterocycles. The molecule has 6 nitrogen and oxygen atoms in total. The highest BCUT2D eigenvalue weighted by Crippen LogP contribution is 2.57. The predicted octanol–water partition coefficient (Wildman–Crippen LogP) is 6.00. The first-order chi connectivity index (χ1) is 18.4. The van der Waals surface area contributed by atoms with Crippen LogP contribution in [0.15, 0.2) is 83.0 Å². The van der Waals surface area contributed by atoms with Gasteiger partial charge in [-0.3, -0.25) is 14.4 Å². The largest absolute Gasteiger partial charge is 0.465 e. The number of rotatable bonds is 6. The highest BCUT2D eigenvalue weighted by Gasteiger charge is 2.58. The van der Waals surface area contributed by atoms with Crippen molar-refractivity contribution in [1.29, 1.82) is 0 Å². The summed E-state index contributed by atoms with van der Waals surface area (Å²) in [6.45, 7) is 4.54. The van der Waals surface area contributed by atoms with Crippen LogP contribution in [-0.2, 0) is 41.8 Å². The summed E-state index contributed by atoms with van der Waals surface area (Å²) in [7, 11) is 0. The molecule has 2 aromatic carbocycles. The third-order valence-electron chi connectivity index (χ3n) is 8.40. The molecule has 5 rings (SSSR count). The van der Waals surface area contributed by atoms with Gasteiger partial charge in [0, 0.05) is 0 Å². The van der Waals surface area contributed by atoms with Gasteiger partial charge in [0.15, 0.2) is 5.41 Å². The Hall–Kier alpha value is -3.67. The minimum Gasteiger partial charge on any atom is -0.465 e. The van der Waals surface area contributed by atoms with E-state index in [1.165, 1.54) is 0 Å². The first kappa shape index (κ1) is 26.0. The Bertz CT molecular complexity index is 1230. The average Bonchev–Trinajstić information content (AvgIpc) is 3.28. The van der Waals surface area contributed by atoms with Crippen molar-refractivity contribution in [2.45, 2.75) is 65.6 Å². The van der Waals surface area contributed by atoms with Gasteiger partial charge in [-0.1, -0.05) is 71.8 Å². The summed E-state index contributed by atoms with van der Waals surface area (Å²) in [5, 5.41) is 0. The number of carbonyl (C=O) groups is 3. The molecule has 2 aromatic rings. The maximum atomic E-state index is 13.8. The van der Waals surface area contributed by atoms with Crippen LogP contribution in [0.1, 0.15) is 63.5 Å². The van der Waals surface area contributed by atoms with E-state index in [2.05, 4.69) is 0 Å². The van der Waals surface area contributed by atoms with Gasteiger partial charge in [0.25, 0.3) is 0 Å². The van der Waals surface area contributed by atoms with Crippen LogP contribution in [0.2, 0.25) is 0 Å². The summed E-state index contributed by atoms with van der Waals surface area (Å²) in [5.41, 5.74) is 3.26. The topological polar surface area (TPSA) is 78.9 Å². The smallest absolute Gasteiger partial charge is 0.324 e. The minimum absolute atomic E-state index is 0.0692. The molecule has 0 N–H and O–H groups in total. The van der Waals surface area contributed by atoms with Gasteiger partial charge in [0.1, 0.15) is 13.2 Å². The molecule has 0 radical (unpaired) electrons. The Morgan fingerprint density at radius 3 is 1.92 bits per heavy atom. The molecule has 0 bridgehead atoms. The van der Waals surface area contributed by atoms with Gasteiger partial charge < -0.3 is 14.2 Å². The normalized spacial score (nSPS) is 22.5. The molecule has 2 fully saturated rings. The molecular weight excluding hydrogens is 480 g/mol. The molecular formula is C32H34O6. The van der Waals surface area contributed by atoms with Crippen LogP contribution in [0.4, 0.5) is 0 Å². The van der Waals surface area contributed by atoms with Crippen molar-refractivity contribution in [2.24, 2.45) is 10.8 Å². The van der Waals surface area contributed by atoms with Crippen molar-refractivity contribution in [3.63, 3.8) is 0 Å². The lowest BCUT2D eigenvalue weighted by Gasteiger charge is -2.37.